The van der Waals surface area contributed by atoms with Crippen LogP contribution in [0, 0.1) is 11.7 Å². The van der Waals surface area contributed by atoms with Crippen LogP contribution in [0.3, 0.4) is 0 Å². The molecule has 2 atom stereocenters. The Morgan fingerprint density at radius 2 is 2.25 bits per heavy atom. The molecule has 3 heteroatoms. The lowest BCUT2D eigenvalue weighted by molar-refractivity contribution is 0.549. The summed E-state index contributed by atoms with van der Waals surface area (Å²) in [6.07, 6.45) is 1.07. The molecule has 1 aromatic carbocycles. The van der Waals surface area contributed by atoms with Crippen molar-refractivity contribution >= 4 is 11.6 Å². The van der Waals surface area contributed by atoms with Gasteiger partial charge in [0.05, 0.1) is 0 Å². The van der Waals surface area contributed by atoms with E-state index in [9.17, 15) is 4.39 Å². The van der Waals surface area contributed by atoms with E-state index in [4.69, 9.17) is 11.6 Å². The largest absolute Gasteiger partial charge is 0.314 e. The van der Waals surface area contributed by atoms with Crippen LogP contribution in [0.15, 0.2) is 18.2 Å². The zero-order valence-corrected chi connectivity index (χ0v) is 10.4. The smallest absolute Gasteiger partial charge is 0.126 e. The van der Waals surface area contributed by atoms with E-state index in [0.717, 1.165) is 18.5 Å². The van der Waals surface area contributed by atoms with Crippen LogP contribution in [-0.2, 0) is 0 Å². The lowest BCUT2D eigenvalue weighted by atomic mass is 10.1. The highest BCUT2D eigenvalue weighted by molar-refractivity contribution is 6.30. The summed E-state index contributed by atoms with van der Waals surface area (Å²) in [6.45, 7) is 5.21. The molecule has 0 bridgehead atoms. The molecule has 0 aromatic heterocycles. The Hall–Kier alpha value is -0.600. The number of rotatable bonds is 4. The molecule has 1 nitrogen and oxygen atoms in total. The van der Waals surface area contributed by atoms with Crippen molar-refractivity contribution in [2.45, 2.75) is 32.2 Å². The first kappa shape index (κ1) is 11.9. The summed E-state index contributed by atoms with van der Waals surface area (Å²) in [6, 6.07) is 5.31. The third kappa shape index (κ3) is 2.74. The van der Waals surface area contributed by atoms with Crippen molar-refractivity contribution in [2.24, 2.45) is 5.92 Å². The van der Waals surface area contributed by atoms with E-state index in [1.165, 1.54) is 6.07 Å². The van der Waals surface area contributed by atoms with Gasteiger partial charge in [-0.3, -0.25) is 0 Å². The summed E-state index contributed by atoms with van der Waals surface area (Å²) in [4.78, 5) is 0. The molecule has 1 aliphatic carbocycles. The first-order valence-electron chi connectivity index (χ1n) is 5.76. The second-order valence-electron chi connectivity index (χ2n) is 4.83. The minimum atomic E-state index is -0.124. The molecule has 1 aromatic rings. The lowest BCUT2D eigenvalue weighted by Gasteiger charge is -2.07. The second-order valence-corrected chi connectivity index (χ2v) is 5.27. The monoisotopic (exact) mass is 241 g/mol. The van der Waals surface area contributed by atoms with Crippen molar-refractivity contribution < 1.29 is 4.39 Å². The van der Waals surface area contributed by atoms with Crippen LogP contribution in [0.4, 0.5) is 4.39 Å². The molecule has 0 saturated heterocycles. The fraction of sp³-hybridized carbons (Fsp3) is 0.538. The van der Waals surface area contributed by atoms with E-state index in [1.807, 2.05) is 0 Å². The Morgan fingerprint density at radius 1 is 1.50 bits per heavy atom. The molecule has 0 heterocycles. The average molecular weight is 242 g/mol. The van der Waals surface area contributed by atoms with E-state index >= 15 is 0 Å². The van der Waals surface area contributed by atoms with Gasteiger partial charge < -0.3 is 5.32 Å². The molecule has 0 spiro atoms. The van der Waals surface area contributed by atoms with Crippen LogP contribution < -0.4 is 5.32 Å². The highest BCUT2D eigenvalue weighted by Gasteiger charge is 2.39. The van der Waals surface area contributed by atoms with Gasteiger partial charge in [0.2, 0.25) is 0 Å². The van der Waals surface area contributed by atoms with Crippen molar-refractivity contribution in [3.8, 4) is 0 Å². The Kier molecular flexibility index (Phi) is 3.50. The van der Waals surface area contributed by atoms with Gasteiger partial charge in [-0.15, -0.1) is 0 Å². The number of hydrogen-bond acceptors (Lipinski definition) is 1. The molecule has 0 aliphatic heterocycles. The summed E-state index contributed by atoms with van der Waals surface area (Å²) >= 11 is 5.88. The highest BCUT2D eigenvalue weighted by Crippen LogP contribution is 2.48. The molecule has 1 N–H and O–H groups in total. The fourth-order valence-electron chi connectivity index (χ4n) is 2.04. The predicted octanol–water partition coefficient (Wildman–Crippen LogP) is 3.58. The van der Waals surface area contributed by atoms with Crippen LogP contribution in [0.25, 0.3) is 0 Å². The quantitative estimate of drug-likeness (QED) is 0.850. The highest BCUT2D eigenvalue weighted by atomic mass is 35.5. The summed E-state index contributed by atoms with van der Waals surface area (Å²) < 4.78 is 13.6. The third-order valence-corrected chi connectivity index (χ3v) is 3.30. The van der Waals surface area contributed by atoms with Gasteiger partial charge in [-0.05, 0) is 48.6 Å². The van der Waals surface area contributed by atoms with Gasteiger partial charge in [0.15, 0.2) is 0 Å². The zero-order chi connectivity index (χ0) is 11.7. The Morgan fingerprint density at radius 3 is 2.94 bits per heavy atom. The van der Waals surface area contributed by atoms with Crippen LogP contribution >= 0.6 is 11.6 Å². The van der Waals surface area contributed by atoms with Gasteiger partial charge in [-0.2, -0.15) is 0 Å². The minimum absolute atomic E-state index is 0.124. The Balaban J connectivity index is 1.97. The van der Waals surface area contributed by atoms with Crippen molar-refractivity contribution in [1.29, 1.82) is 0 Å². The molecule has 2 rings (SSSR count). The van der Waals surface area contributed by atoms with Gasteiger partial charge in [0.1, 0.15) is 5.82 Å². The minimum Gasteiger partial charge on any atom is -0.314 e. The maximum Gasteiger partial charge on any atom is 0.126 e. The molecular formula is C13H17ClFN. The summed E-state index contributed by atoms with van der Waals surface area (Å²) in [5, 5.41) is 4.01. The van der Waals surface area contributed by atoms with Crippen LogP contribution in [-0.4, -0.2) is 12.6 Å². The van der Waals surface area contributed by atoms with Gasteiger partial charge in [-0.25, -0.2) is 4.39 Å². The van der Waals surface area contributed by atoms with Gasteiger partial charge >= 0.3 is 0 Å². The normalized spacial score (nSPS) is 23.8. The zero-order valence-electron chi connectivity index (χ0n) is 9.63. The van der Waals surface area contributed by atoms with E-state index in [2.05, 4.69) is 19.2 Å². The molecule has 1 fully saturated rings. The van der Waals surface area contributed by atoms with Gasteiger partial charge in [0.25, 0.3) is 0 Å². The first-order chi connectivity index (χ1) is 7.58. The number of hydrogen-bond donors (Lipinski definition) is 1. The van der Waals surface area contributed by atoms with Crippen LogP contribution in [0.2, 0.25) is 5.02 Å². The average Bonchev–Trinajstić information content (AvgIpc) is 2.98. The van der Waals surface area contributed by atoms with Gasteiger partial charge in [-0.1, -0.05) is 25.4 Å². The topological polar surface area (TPSA) is 12.0 Å². The molecule has 0 amide bonds. The standard InChI is InChI=1S/C13H17ClFN/c1-8(2)16-7-9-5-11(9)12-6-10(14)3-4-13(12)15/h3-4,6,8-9,11,16H,5,7H2,1-2H3. The van der Waals surface area contributed by atoms with E-state index < -0.39 is 0 Å². The third-order valence-electron chi connectivity index (χ3n) is 3.07. The number of benzene rings is 1. The van der Waals surface area contributed by atoms with E-state index in [1.54, 1.807) is 12.1 Å². The SMILES string of the molecule is CC(C)NCC1CC1c1cc(Cl)ccc1F. The molecule has 0 radical (unpaired) electrons. The summed E-state index contributed by atoms with van der Waals surface area (Å²) in [5.74, 6) is 0.793. The maximum absolute atomic E-state index is 13.6. The molecule has 16 heavy (non-hydrogen) atoms. The van der Waals surface area contributed by atoms with E-state index in [0.29, 0.717) is 22.9 Å². The predicted molar refractivity (Wildman–Crippen MR) is 65.4 cm³/mol. The first-order valence-corrected chi connectivity index (χ1v) is 6.14. The van der Waals surface area contributed by atoms with Crippen LogP contribution in [0.1, 0.15) is 31.7 Å². The van der Waals surface area contributed by atoms with Crippen molar-refractivity contribution in [3.63, 3.8) is 0 Å². The van der Waals surface area contributed by atoms with Crippen molar-refractivity contribution in [2.75, 3.05) is 6.54 Å². The summed E-state index contributed by atoms with van der Waals surface area (Å²) in [5.41, 5.74) is 0.781. The number of nitrogens with one attached hydrogen (secondary N) is 1. The second kappa shape index (κ2) is 4.72. The summed E-state index contributed by atoms with van der Waals surface area (Å²) in [7, 11) is 0. The van der Waals surface area contributed by atoms with Crippen LogP contribution in [0.5, 0.6) is 0 Å². The fourth-order valence-corrected chi connectivity index (χ4v) is 2.22. The van der Waals surface area contributed by atoms with E-state index in [-0.39, 0.29) is 5.82 Å². The number of halogens is 2. The molecular weight excluding hydrogens is 225 g/mol. The molecule has 88 valence electrons. The lowest BCUT2D eigenvalue weighted by Crippen LogP contribution is -2.25. The Bertz CT molecular complexity index is 378. The van der Waals surface area contributed by atoms with Crippen molar-refractivity contribution in [3.05, 3.63) is 34.6 Å². The Labute approximate surface area is 101 Å². The molecule has 1 saturated carbocycles. The molecule has 2 unspecified atom stereocenters. The van der Waals surface area contributed by atoms with Gasteiger partial charge in [0, 0.05) is 11.1 Å². The van der Waals surface area contributed by atoms with Crippen molar-refractivity contribution in [1.82, 2.24) is 5.32 Å². The maximum atomic E-state index is 13.6. The molecule has 1 aliphatic rings.